The van der Waals surface area contributed by atoms with Crippen LogP contribution in [0.25, 0.3) is 0 Å². The third-order valence-electron chi connectivity index (χ3n) is 4.86. The van der Waals surface area contributed by atoms with E-state index in [1.54, 1.807) is 18.2 Å². The highest BCUT2D eigenvalue weighted by atomic mass is 79.9. The molecule has 0 unspecified atom stereocenters. The van der Waals surface area contributed by atoms with Crippen molar-refractivity contribution in [1.82, 2.24) is 10.2 Å². The highest BCUT2D eigenvalue weighted by Crippen LogP contribution is 2.41. The number of amides is 3. The Morgan fingerprint density at radius 3 is 2.48 bits per heavy atom. The minimum atomic E-state index is -2.81. The predicted molar refractivity (Wildman–Crippen MR) is 89.6 cm³/mol. The molecule has 1 saturated carbocycles. The van der Waals surface area contributed by atoms with E-state index in [4.69, 9.17) is 0 Å². The predicted octanol–water partition coefficient (Wildman–Crippen LogP) is 3.44. The van der Waals surface area contributed by atoms with Gasteiger partial charge in [-0.3, -0.25) is 14.5 Å². The molecule has 1 aliphatic carbocycles. The number of carbonyl (C=O) groups excluding carboxylic acids is 3. The van der Waals surface area contributed by atoms with Crippen molar-refractivity contribution in [3.05, 3.63) is 33.8 Å². The number of aryl methyl sites for hydroxylation is 1. The third-order valence-corrected chi connectivity index (χ3v) is 5.75. The van der Waals surface area contributed by atoms with Crippen molar-refractivity contribution in [2.45, 2.75) is 44.1 Å². The summed E-state index contributed by atoms with van der Waals surface area (Å²) in [5, 5.41) is 2.53. The number of halogens is 3. The Hall–Kier alpha value is -1.83. The van der Waals surface area contributed by atoms with E-state index < -0.39 is 42.8 Å². The van der Waals surface area contributed by atoms with Gasteiger partial charge in [0.2, 0.25) is 5.92 Å². The summed E-state index contributed by atoms with van der Waals surface area (Å²) in [5.41, 5.74) is -0.0549. The molecule has 25 heavy (non-hydrogen) atoms. The molecule has 1 aliphatic heterocycles. The first-order valence-corrected chi connectivity index (χ1v) is 8.74. The number of carbonyl (C=O) groups is 3. The maximum absolute atomic E-state index is 13.4. The Kier molecular flexibility index (Phi) is 4.43. The Morgan fingerprint density at radius 2 is 1.88 bits per heavy atom. The molecule has 0 bridgehead atoms. The summed E-state index contributed by atoms with van der Waals surface area (Å²) in [6, 6.07) is 4.30. The van der Waals surface area contributed by atoms with Crippen LogP contribution in [-0.2, 0) is 4.79 Å². The molecule has 1 spiro atoms. The maximum Gasteiger partial charge on any atom is 0.325 e. The summed E-state index contributed by atoms with van der Waals surface area (Å²) < 4.78 is 27.6. The summed E-state index contributed by atoms with van der Waals surface area (Å²) >= 11 is 3.34. The van der Waals surface area contributed by atoms with Gasteiger partial charge in [0, 0.05) is 22.9 Å². The van der Waals surface area contributed by atoms with Crippen LogP contribution in [0.3, 0.4) is 0 Å². The molecule has 1 saturated heterocycles. The van der Waals surface area contributed by atoms with Crippen LogP contribution in [0.5, 0.6) is 0 Å². The van der Waals surface area contributed by atoms with Crippen LogP contribution in [-0.4, -0.2) is 40.6 Å². The quantitative estimate of drug-likeness (QED) is 0.608. The van der Waals surface area contributed by atoms with E-state index in [0.717, 1.165) is 14.9 Å². The smallest absolute Gasteiger partial charge is 0.323 e. The summed E-state index contributed by atoms with van der Waals surface area (Å²) in [5.74, 6) is -3.78. The fourth-order valence-corrected chi connectivity index (χ4v) is 3.50. The van der Waals surface area contributed by atoms with Crippen LogP contribution >= 0.6 is 15.9 Å². The van der Waals surface area contributed by atoms with Crippen LogP contribution in [0.2, 0.25) is 0 Å². The molecule has 5 nitrogen and oxygen atoms in total. The fraction of sp³-hybridized carbons (Fsp3) is 0.471. The van der Waals surface area contributed by atoms with Crippen LogP contribution in [0.15, 0.2) is 22.7 Å². The maximum atomic E-state index is 13.4. The molecular formula is C17H17BrF2N2O3. The van der Waals surface area contributed by atoms with E-state index in [1.807, 2.05) is 6.92 Å². The van der Waals surface area contributed by atoms with Gasteiger partial charge in [0.1, 0.15) is 5.54 Å². The lowest BCUT2D eigenvalue weighted by Gasteiger charge is -2.34. The van der Waals surface area contributed by atoms with Gasteiger partial charge in [-0.15, -0.1) is 0 Å². The molecule has 2 fully saturated rings. The van der Waals surface area contributed by atoms with E-state index in [1.165, 1.54) is 0 Å². The van der Waals surface area contributed by atoms with Crippen molar-refractivity contribution in [1.29, 1.82) is 0 Å². The number of Topliss-reactive ketones (excluding diaryl/α,β-unsaturated/α-hetero) is 1. The monoisotopic (exact) mass is 414 g/mol. The van der Waals surface area contributed by atoms with Gasteiger partial charge in [0.15, 0.2) is 5.78 Å². The summed E-state index contributed by atoms with van der Waals surface area (Å²) in [4.78, 5) is 38.0. The zero-order valence-corrected chi connectivity index (χ0v) is 15.2. The number of hydrogen-bond donors (Lipinski definition) is 1. The van der Waals surface area contributed by atoms with Crippen LogP contribution < -0.4 is 5.32 Å². The van der Waals surface area contributed by atoms with Crippen LogP contribution in [0, 0.1) is 6.92 Å². The fourth-order valence-electron chi connectivity index (χ4n) is 3.25. The van der Waals surface area contributed by atoms with E-state index in [2.05, 4.69) is 21.2 Å². The third kappa shape index (κ3) is 3.31. The Labute approximate surface area is 151 Å². The average molecular weight is 415 g/mol. The number of alkyl halides is 2. The van der Waals surface area contributed by atoms with Gasteiger partial charge in [-0.2, -0.15) is 0 Å². The molecule has 1 N–H and O–H groups in total. The number of rotatable bonds is 3. The standard InChI is InChI=1S/C17H17BrF2N2O3/c1-10-8-11(2-3-12(10)18)13(23)9-22-14(24)16(21-15(22)25)4-6-17(19,20)7-5-16/h2-3,8H,4-7,9H2,1H3,(H,21,25). The molecule has 3 rings (SSSR count). The van der Waals surface area contributed by atoms with Crippen LogP contribution in [0.4, 0.5) is 13.6 Å². The van der Waals surface area contributed by atoms with Crippen molar-refractivity contribution >= 4 is 33.7 Å². The Bertz CT molecular complexity index is 756. The van der Waals surface area contributed by atoms with E-state index in [-0.39, 0.29) is 18.6 Å². The summed E-state index contributed by atoms with van der Waals surface area (Å²) in [6.45, 7) is 1.43. The minimum absolute atomic E-state index is 0.118. The molecule has 2 aliphatic rings. The number of imide groups is 1. The number of nitrogens with zero attached hydrogens (tertiary/aromatic N) is 1. The average Bonchev–Trinajstić information content (AvgIpc) is 2.78. The first-order chi connectivity index (χ1) is 11.6. The zero-order valence-electron chi connectivity index (χ0n) is 13.6. The number of urea groups is 1. The SMILES string of the molecule is Cc1cc(C(=O)CN2C(=O)NC3(CCC(F)(F)CC3)C2=O)ccc1Br. The first kappa shape index (κ1) is 18.0. The molecule has 8 heteroatoms. The number of ketones is 1. The van der Waals surface area contributed by atoms with E-state index in [9.17, 15) is 23.2 Å². The molecule has 0 atom stereocenters. The first-order valence-electron chi connectivity index (χ1n) is 7.95. The second kappa shape index (κ2) is 6.16. The second-order valence-electron chi connectivity index (χ2n) is 6.65. The summed E-state index contributed by atoms with van der Waals surface area (Å²) in [6.07, 6.45) is -1.14. The number of hydrogen-bond acceptors (Lipinski definition) is 3. The highest BCUT2D eigenvalue weighted by Gasteiger charge is 2.55. The van der Waals surface area contributed by atoms with Gasteiger partial charge in [0.25, 0.3) is 5.91 Å². The molecule has 134 valence electrons. The summed E-state index contributed by atoms with van der Waals surface area (Å²) in [7, 11) is 0. The molecule has 3 amide bonds. The normalized spacial score (nSPS) is 21.5. The number of nitrogens with one attached hydrogen (secondary N) is 1. The second-order valence-corrected chi connectivity index (χ2v) is 7.50. The molecule has 1 heterocycles. The minimum Gasteiger partial charge on any atom is -0.323 e. The van der Waals surface area contributed by atoms with Gasteiger partial charge >= 0.3 is 6.03 Å². The molecular weight excluding hydrogens is 398 g/mol. The number of benzene rings is 1. The lowest BCUT2D eigenvalue weighted by Crippen LogP contribution is -2.51. The largest absolute Gasteiger partial charge is 0.325 e. The Balaban J connectivity index is 1.75. The molecule has 1 aromatic carbocycles. The van der Waals surface area contributed by atoms with Gasteiger partial charge in [-0.05, 0) is 37.5 Å². The molecule has 0 radical (unpaired) electrons. The van der Waals surface area contributed by atoms with Crippen molar-refractivity contribution in [2.75, 3.05) is 6.54 Å². The van der Waals surface area contributed by atoms with E-state index >= 15 is 0 Å². The van der Waals surface area contributed by atoms with Crippen molar-refractivity contribution < 1.29 is 23.2 Å². The zero-order chi connectivity index (χ0) is 18.4. The lowest BCUT2D eigenvalue weighted by atomic mass is 9.80. The van der Waals surface area contributed by atoms with Crippen molar-refractivity contribution in [3.63, 3.8) is 0 Å². The van der Waals surface area contributed by atoms with Gasteiger partial charge < -0.3 is 5.32 Å². The topological polar surface area (TPSA) is 66.5 Å². The van der Waals surface area contributed by atoms with Gasteiger partial charge in [-0.25, -0.2) is 13.6 Å². The molecule has 0 aromatic heterocycles. The molecule has 1 aromatic rings. The highest BCUT2D eigenvalue weighted by molar-refractivity contribution is 9.10. The van der Waals surface area contributed by atoms with Gasteiger partial charge in [0.05, 0.1) is 6.54 Å². The van der Waals surface area contributed by atoms with Gasteiger partial charge in [-0.1, -0.05) is 22.0 Å². The van der Waals surface area contributed by atoms with Crippen molar-refractivity contribution in [3.8, 4) is 0 Å². The Morgan fingerprint density at radius 1 is 1.24 bits per heavy atom. The van der Waals surface area contributed by atoms with E-state index in [0.29, 0.717) is 5.56 Å². The van der Waals surface area contributed by atoms with Crippen LogP contribution in [0.1, 0.15) is 41.6 Å². The lowest BCUT2D eigenvalue weighted by molar-refractivity contribution is -0.135. The van der Waals surface area contributed by atoms with Crippen molar-refractivity contribution in [2.24, 2.45) is 0 Å².